The molecule has 2 aromatic carbocycles. The van der Waals surface area contributed by atoms with Crippen LogP contribution in [0.5, 0.6) is 5.75 Å². The number of aliphatic hydroxyl groups is 1. The molecule has 0 aromatic heterocycles. The van der Waals surface area contributed by atoms with Gasteiger partial charge in [-0.25, -0.2) is 12.8 Å². The van der Waals surface area contributed by atoms with Crippen molar-refractivity contribution in [3.05, 3.63) is 57.3 Å². The molecule has 0 saturated carbocycles. The highest BCUT2D eigenvalue weighted by atomic mass is 35.5. The maximum atomic E-state index is 14.2. The second kappa shape index (κ2) is 12.4. The van der Waals surface area contributed by atoms with E-state index in [4.69, 9.17) is 27.9 Å². The fourth-order valence-corrected chi connectivity index (χ4v) is 6.51. The van der Waals surface area contributed by atoms with E-state index in [1.807, 2.05) is 0 Å². The number of hydrogen-bond acceptors (Lipinski definition) is 6. The lowest BCUT2D eigenvalue weighted by Gasteiger charge is -2.31. The number of carbonyl (C=O) groups excluding carboxylic acids is 1. The number of piperidine rings is 1. The minimum absolute atomic E-state index is 0.127. The van der Waals surface area contributed by atoms with Gasteiger partial charge in [0.2, 0.25) is 10.0 Å². The number of fused-ring (bicyclic) bond motifs is 1. The molecule has 4 rings (SSSR count). The number of rotatable bonds is 8. The molecular formula is C25H27Cl2F4N3O5S. The first-order valence-corrected chi connectivity index (χ1v) is 14.7. The summed E-state index contributed by atoms with van der Waals surface area (Å²) >= 11 is 12.1. The van der Waals surface area contributed by atoms with Crippen LogP contribution in [0.15, 0.2) is 35.2 Å². The molecule has 2 aliphatic heterocycles. The standard InChI is InChI=1S/C25H27Cl2F4N3O5S/c26-16-5-4-6-20(21(16)28)40(37,38)33-23(25(29,30)31)22(35)24(36)32-18-7-10-39-19-11-14(17(27)12-15(18)19)13-34-8-2-1-3-9-34/h4-6,11-12,18,22-23,33,35H,1-3,7-10,13H2,(H,32,36)/t18-,22-,23-/m1/s1. The van der Waals surface area contributed by atoms with Crippen LogP contribution in [0.4, 0.5) is 17.6 Å². The summed E-state index contributed by atoms with van der Waals surface area (Å²) in [7, 11) is -5.19. The predicted molar refractivity (Wildman–Crippen MR) is 139 cm³/mol. The maximum Gasteiger partial charge on any atom is 0.407 e. The van der Waals surface area contributed by atoms with Crippen LogP contribution >= 0.6 is 23.2 Å². The fourth-order valence-electron chi connectivity index (χ4n) is 4.72. The molecule has 0 bridgehead atoms. The SMILES string of the molecule is O=C(N[C@@H]1CCOc2cc(CN3CCCCC3)c(Cl)cc21)[C@H](O)[C@@H](NS(=O)(=O)c1cccc(Cl)c1F)C(F)(F)F. The topological polar surface area (TPSA) is 108 Å². The number of nitrogens with zero attached hydrogens (tertiary/aromatic N) is 1. The molecule has 3 N–H and O–H groups in total. The van der Waals surface area contributed by atoms with E-state index in [1.165, 1.54) is 11.1 Å². The maximum absolute atomic E-state index is 14.2. The summed E-state index contributed by atoms with van der Waals surface area (Å²) in [5.74, 6) is -2.58. The van der Waals surface area contributed by atoms with Crippen molar-refractivity contribution in [3.63, 3.8) is 0 Å². The Bertz CT molecular complexity index is 1360. The number of carbonyl (C=O) groups is 1. The van der Waals surface area contributed by atoms with E-state index in [9.17, 15) is 35.9 Å². The third-order valence-electron chi connectivity index (χ3n) is 6.80. The molecule has 1 fully saturated rings. The first-order valence-electron chi connectivity index (χ1n) is 12.5. The molecule has 8 nitrogen and oxygen atoms in total. The highest BCUT2D eigenvalue weighted by Crippen LogP contribution is 2.37. The minimum atomic E-state index is -5.42. The molecule has 0 unspecified atom stereocenters. The zero-order valence-corrected chi connectivity index (χ0v) is 23.3. The van der Waals surface area contributed by atoms with Gasteiger partial charge in [-0.2, -0.15) is 17.9 Å². The Hall–Kier alpha value is -2.16. The number of ether oxygens (including phenoxy) is 1. The molecule has 2 heterocycles. The zero-order chi connectivity index (χ0) is 29.2. The summed E-state index contributed by atoms with van der Waals surface area (Å²) in [5.41, 5.74) is 1.21. The van der Waals surface area contributed by atoms with E-state index in [1.54, 1.807) is 12.1 Å². The Balaban J connectivity index is 1.52. The number of sulfonamides is 1. The van der Waals surface area contributed by atoms with Gasteiger partial charge >= 0.3 is 6.18 Å². The van der Waals surface area contributed by atoms with Gasteiger partial charge in [0.15, 0.2) is 18.0 Å². The van der Waals surface area contributed by atoms with Crippen molar-refractivity contribution in [1.82, 2.24) is 14.9 Å². The lowest BCUT2D eigenvalue weighted by molar-refractivity contribution is -0.178. The smallest absolute Gasteiger partial charge is 0.407 e. The van der Waals surface area contributed by atoms with Gasteiger partial charge in [0, 0.05) is 23.6 Å². The molecule has 1 amide bonds. The first kappa shape index (κ1) is 30.8. The number of aliphatic hydroxyl groups excluding tert-OH is 1. The highest BCUT2D eigenvalue weighted by Gasteiger charge is 2.50. The molecule has 0 aliphatic carbocycles. The first-order chi connectivity index (χ1) is 18.8. The van der Waals surface area contributed by atoms with Gasteiger partial charge in [-0.15, -0.1) is 0 Å². The normalized spacial score (nSPS) is 19.8. The van der Waals surface area contributed by atoms with Gasteiger partial charge < -0.3 is 15.2 Å². The summed E-state index contributed by atoms with van der Waals surface area (Å²) in [6.45, 7) is 2.58. The molecule has 3 atom stereocenters. The number of nitrogens with one attached hydrogen (secondary N) is 2. The number of halogens is 6. The fraction of sp³-hybridized carbons (Fsp3) is 0.480. The molecule has 2 aromatic rings. The van der Waals surface area contributed by atoms with E-state index in [-0.39, 0.29) is 13.0 Å². The summed E-state index contributed by atoms with van der Waals surface area (Å²) in [4.78, 5) is 13.9. The van der Waals surface area contributed by atoms with Gasteiger partial charge in [0.25, 0.3) is 5.91 Å². The third-order valence-corrected chi connectivity index (χ3v) is 8.90. The zero-order valence-electron chi connectivity index (χ0n) is 21.0. The van der Waals surface area contributed by atoms with Crippen LogP contribution in [-0.4, -0.2) is 62.3 Å². The molecule has 1 saturated heterocycles. The number of likely N-dealkylation sites (tertiary alicyclic amines) is 1. The van der Waals surface area contributed by atoms with Crippen molar-refractivity contribution in [2.24, 2.45) is 0 Å². The summed E-state index contributed by atoms with van der Waals surface area (Å²) in [5, 5.41) is 12.4. The van der Waals surface area contributed by atoms with Crippen LogP contribution < -0.4 is 14.8 Å². The Labute approximate surface area is 238 Å². The van der Waals surface area contributed by atoms with Gasteiger partial charge in [-0.05, 0) is 55.8 Å². The molecular weight excluding hydrogens is 601 g/mol. The Morgan fingerprint density at radius 1 is 1.15 bits per heavy atom. The van der Waals surface area contributed by atoms with Gasteiger partial charge in [-0.3, -0.25) is 9.69 Å². The summed E-state index contributed by atoms with van der Waals surface area (Å²) in [6.07, 6.45) is -4.84. The van der Waals surface area contributed by atoms with Crippen LogP contribution in [0.25, 0.3) is 0 Å². The van der Waals surface area contributed by atoms with Crippen molar-refractivity contribution in [1.29, 1.82) is 0 Å². The number of amides is 1. The van der Waals surface area contributed by atoms with E-state index >= 15 is 0 Å². The quantitative estimate of drug-likeness (QED) is 0.376. The average Bonchev–Trinajstić information content (AvgIpc) is 2.89. The lowest BCUT2D eigenvalue weighted by Crippen LogP contribution is -2.58. The van der Waals surface area contributed by atoms with Crippen LogP contribution in [0.1, 0.15) is 42.9 Å². The van der Waals surface area contributed by atoms with Crippen LogP contribution in [0.3, 0.4) is 0 Å². The minimum Gasteiger partial charge on any atom is -0.493 e. The number of benzene rings is 2. The van der Waals surface area contributed by atoms with Crippen molar-refractivity contribution in [3.8, 4) is 5.75 Å². The molecule has 0 radical (unpaired) electrons. The molecule has 40 heavy (non-hydrogen) atoms. The molecule has 2 aliphatic rings. The second-order valence-corrected chi connectivity index (χ2v) is 12.2. The Kier molecular flexibility index (Phi) is 9.53. The highest BCUT2D eigenvalue weighted by molar-refractivity contribution is 7.89. The predicted octanol–water partition coefficient (Wildman–Crippen LogP) is 4.33. The van der Waals surface area contributed by atoms with E-state index in [2.05, 4.69) is 10.2 Å². The molecule has 220 valence electrons. The van der Waals surface area contributed by atoms with Gasteiger partial charge in [-0.1, -0.05) is 35.7 Å². The van der Waals surface area contributed by atoms with Crippen LogP contribution in [-0.2, 0) is 21.4 Å². The number of alkyl halides is 3. The van der Waals surface area contributed by atoms with Crippen molar-refractivity contribution < 1.29 is 40.6 Å². The number of hydrogen-bond donors (Lipinski definition) is 3. The Morgan fingerprint density at radius 2 is 1.85 bits per heavy atom. The van der Waals surface area contributed by atoms with Crippen molar-refractivity contribution in [2.45, 2.75) is 61.5 Å². The van der Waals surface area contributed by atoms with Gasteiger partial charge in [0.1, 0.15) is 10.6 Å². The monoisotopic (exact) mass is 627 g/mol. The molecule has 15 heteroatoms. The summed E-state index contributed by atoms with van der Waals surface area (Å²) < 4.78 is 87.8. The second-order valence-electron chi connectivity index (χ2n) is 9.65. The molecule has 0 spiro atoms. The Morgan fingerprint density at radius 3 is 2.52 bits per heavy atom. The lowest BCUT2D eigenvalue weighted by atomic mass is 9.97. The van der Waals surface area contributed by atoms with E-state index in [0.29, 0.717) is 28.9 Å². The summed E-state index contributed by atoms with van der Waals surface area (Å²) in [6, 6.07) is 1.87. The average molecular weight is 628 g/mol. The van der Waals surface area contributed by atoms with Crippen molar-refractivity contribution in [2.75, 3.05) is 19.7 Å². The van der Waals surface area contributed by atoms with Crippen LogP contribution in [0.2, 0.25) is 10.0 Å². The van der Waals surface area contributed by atoms with Gasteiger partial charge in [0.05, 0.1) is 17.7 Å². The third kappa shape index (κ3) is 7.00. The largest absolute Gasteiger partial charge is 0.493 e. The van der Waals surface area contributed by atoms with E-state index in [0.717, 1.165) is 43.6 Å². The van der Waals surface area contributed by atoms with Crippen molar-refractivity contribution >= 4 is 39.1 Å². The van der Waals surface area contributed by atoms with E-state index < -0.39 is 56.0 Å². The van der Waals surface area contributed by atoms with Crippen LogP contribution in [0, 0.1) is 5.82 Å².